The summed E-state index contributed by atoms with van der Waals surface area (Å²) in [6.45, 7) is -0.158. The molecule has 0 bridgehead atoms. The highest BCUT2D eigenvalue weighted by Gasteiger charge is 2.29. The molecule has 5 heteroatoms. The third kappa shape index (κ3) is 3.58. The van der Waals surface area contributed by atoms with E-state index in [0.717, 1.165) is 14.2 Å². The fourth-order valence-electron chi connectivity index (χ4n) is 0.578. The van der Waals surface area contributed by atoms with Crippen LogP contribution in [0.1, 0.15) is 0 Å². The van der Waals surface area contributed by atoms with Crippen LogP contribution >= 0.6 is 0 Å². The molecule has 0 rings (SSSR count). The molecule has 0 aliphatic heterocycles. The van der Waals surface area contributed by atoms with Crippen molar-refractivity contribution in [1.82, 2.24) is 0 Å². The SMILES string of the molecule is C#CCOC(C(=O)OC)C(=O)OC. The van der Waals surface area contributed by atoms with Gasteiger partial charge in [-0.1, -0.05) is 5.92 Å². The van der Waals surface area contributed by atoms with Crippen LogP contribution < -0.4 is 0 Å². The van der Waals surface area contributed by atoms with Crippen molar-refractivity contribution in [3.05, 3.63) is 0 Å². The van der Waals surface area contributed by atoms with Crippen LogP contribution in [0.2, 0.25) is 0 Å². The van der Waals surface area contributed by atoms with Crippen molar-refractivity contribution in [3.8, 4) is 12.3 Å². The zero-order chi connectivity index (χ0) is 10.3. The Bertz CT molecular complexity index is 211. The zero-order valence-electron chi connectivity index (χ0n) is 7.40. The summed E-state index contributed by atoms with van der Waals surface area (Å²) < 4.78 is 13.3. The molecule has 0 spiro atoms. The average molecular weight is 186 g/mol. The molecule has 0 unspecified atom stereocenters. The van der Waals surface area contributed by atoms with Crippen molar-refractivity contribution in [2.75, 3.05) is 20.8 Å². The van der Waals surface area contributed by atoms with Gasteiger partial charge >= 0.3 is 11.9 Å². The summed E-state index contributed by atoms with van der Waals surface area (Å²) in [7, 11) is 2.27. The van der Waals surface area contributed by atoms with Crippen molar-refractivity contribution in [2.24, 2.45) is 0 Å². The van der Waals surface area contributed by atoms with Gasteiger partial charge in [-0.3, -0.25) is 0 Å². The van der Waals surface area contributed by atoms with Crippen molar-refractivity contribution >= 4 is 11.9 Å². The maximum Gasteiger partial charge on any atom is 0.346 e. The first-order chi connectivity index (χ1) is 6.17. The average Bonchev–Trinajstić information content (AvgIpc) is 2.17. The van der Waals surface area contributed by atoms with Crippen LogP contribution in [0, 0.1) is 12.3 Å². The number of ether oxygens (including phenoxy) is 3. The van der Waals surface area contributed by atoms with Crippen LogP contribution in [0.4, 0.5) is 0 Å². The van der Waals surface area contributed by atoms with E-state index in [4.69, 9.17) is 11.2 Å². The summed E-state index contributed by atoms with van der Waals surface area (Å²) in [6.07, 6.45) is 3.48. The number of hydrogen-bond donors (Lipinski definition) is 0. The monoisotopic (exact) mass is 186 g/mol. The van der Waals surface area contributed by atoms with Crippen molar-refractivity contribution < 1.29 is 23.8 Å². The van der Waals surface area contributed by atoms with E-state index >= 15 is 0 Å². The number of terminal acetylenes is 1. The predicted molar refractivity (Wildman–Crippen MR) is 42.6 cm³/mol. The van der Waals surface area contributed by atoms with Crippen LogP contribution in [-0.2, 0) is 23.8 Å². The largest absolute Gasteiger partial charge is 0.467 e. The molecule has 0 saturated heterocycles. The van der Waals surface area contributed by atoms with E-state index in [1.165, 1.54) is 0 Å². The second-order valence-electron chi connectivity index (χ2n) is 1.94. The van der Waals surface area contributed by atoms with Crippen LogP contribution in [-0.4, -0.2) is 38.9 Å². The number of rotatable bonds is 4. The van der Waals surface area contributed by atoms with E-state index in [0.29, 0.717) is 0 Å². The van der Waals surface area contributed by atoms with Gasteiger partial charge in [0.1, 0.15) is 6.61 Å². The van der Waals surface area contributed by atoms with Gasteiger partial charge in [0, 0.05) is 0 Å². The van der Waals surface area contributed by atoms with Gasteiger partial charge in [0.15, 0.2) is 0 Å². The Morgan fingerprint density at radius 3 is 2.08 bits per heavy atom. The molecule has 0 aromatic rings. The zero-order valence-corrected chi connectivity index (χ0v) is 7.40. The molecule has 0 heterocycles. The van der Waals surface area contributed by atoms with E-state index in [2.05, 4.69) is 15.4 Å². The lowest BCUT2D eigenvalue weighted by Crippen LogP contribution is -2.35. The van der Waals surface area contributed by atoms with Gasteiger partial charge in [0.05, 0.1) is 14.2 Å². The normalized spacial score (nSPS) is 9.08. The standard InChI is InChI=1S/C8H10O5/c1-4-5-13-6(7(9)11-2)8(10)12-3/h1,6H,5H2,2-3H3. The summed E-state index contributed by atoms with van der Waals surface area (Å²) in [6, 6.07) is 0. The van der Waals surface area contributed by atoms with Gasteiger partial charge in [-0.15, -0.1) is 6.42 Å². The first-order valence-electron chi connectivity index (χ1n) is 3.38. The van der Waals surface area contributed by atoms with Crippen LogP contribution in [0.15, 0.2) is 0 Å². The second-order valence-corrected chi connectivity index (χ2v) is 1.94. The molecule has 72 valence electrons. The number of esters is 2. The van der Waals surface area contributed by atoms with E-state index in [1.807, 2.05) is 0 Å². The van der Waals surface area contributed by atoms with Crippen molar-refractivity contribution in [2.45, 2.75) is 6.10 Å². The lowest BCUT2D eigenvalue weighted by atomic mass is 10.3. The molecule has 0 fully saturated rings. The van der Waals surface area contributed by atoms with Gasteiger partial charge in [-0.2, -0.15) is 0 Å². The summed E-state index contributed by atoms with van der Waals surface area (Å²) in [5.74, 6) is 0.456. The number of carbonyl (C=O) groups is 2. The third-order valence-corrected chi connectivity index (χ3v) is 1.16. The molecule has 0 saturated carbocycles. The molecule has 0 aromatic heterocycles. The molecule has 5 nitrogen and oxygen atoms in total. The molecular weight excluding hydrogens is 176 g/mol. The minimum absolute atomic E-state index is 0.158. The minimum atomic E-state index is -1.40. The lowest BCUT2D eigenvalue weighted by molar-refractivity contribution is -0.168. The Hall–Kier alpha value is -1.54. The van der Waals surface area contributed by atoms with Crippen molar-refractivity contribution in [3.63, 3.8) is 0 Å². The van der Waals surface area contributed by atoms with Gasteiger partial charge < -0.3 is 14.2 Å². The molecular formula is C8H10O5. The second kappa shape index (κ2) is 6.03. The fraction of sp³-hybridized carbons (Fsp3) is 0.500. The lowest BCUT2D eigenvalue weighted by Gasteiger charge is -2.10. The van der Waals surface area contributed by atoms with E-state index in [-0.39, 0.29) is 6.61 Å². The summed E-state index contributed by atoms with van der Waals surface area (Å²) in [4.78, 5) is 21.8. The molecule has 0 N–H and O–H groups in total. The van der Waals surface area contributed by atoms with Gasteiger partial charge in [-0.05, 0) is 0 Å². The van der Waals surface area contributed by atoms with E-state index < -0.39 is 18.0 Å². The minimum Gasteiger partial charge on any atom is -0.467 e. The van der Waals surface area contributed by atoms with Crippen LogP contribution in [0.5, 0.6) is 0 Å². The summed E-state index contributed by atoms with van der Waals surface area (Å²) in [5.41, 5.74) is 0. The maximum absolute atomic E-state index is 10.9. The first kappa shape index (κ1) is 11.5. The Balaban J connectivity index is 4.28. The third-order valence-electron chi connectivity index (χ3n) is 1.16. The highest BCUT2D eigenvalue weighted by Crippen LogP contribution is 1.97. The Labute approximate surface area is 76.0 Å². The molecule has 0 radical (unpaired) electrons. The van der Waals surface area contributed by atoms with Crippen molar-refractivity contribution in [1.29, 1.82) is 0 Å². The number of carbonyl (C=O) groups excluding carboxylic acids is 2. The predicted octanol–water partition coefficient (Wildman–Crippen LogP) is -0.649. The first-order valence-corrected chi connectivity index (χ1v) is 3.38. The molecule has 0 amide bonds. The summed E-state index contributed by atoms with van der Waals surface area (Å²) >= 11 is 0. The van der Waals surface area contributed by atoms with Crippen LogP contribution in [0.25, 0.3) is 0 Å². The van der Waals surface area contributed by atoms with Crippen LogP contribution in [0.3, 0.4) is 0 Å². The molecule has 0 atom stereocenters. The maximum atomic E-state index is 10.9. The molecule has 13 heavy (non-hydrogen) atoms. The Kier molecular flexibility index (Phi) is 5.32. The highest BCUT2D eigenvalue weighted by atomic mass is 16.6. The smallest absolute Gasteiger partial charge is 0.346 e. The molecule has 0 aromatic carbocycles. The molecule has 0 aliphatic rings. The fourth-order valence-corrected chi connectivity index (χ4v) is 0.578. The molecule has 0 aliphatic carbocycles. The number of hydrogen-bond acceptors (Lipinski definition) is 5. The Morgan fingerprint density at radius 1 is 1.31 bits per heavy atom. The highest BCUT2D eigenvalue weighted by molar-refractivity contribution is 5.97. The van der Waals surface area contributed by atoms with Gasteiger partial charge in [0.2, 0.25) is 0 Å². The Morgan fingerprint density at radius 2 is 1.77 bits per heavy atom. The quantitative estimate of drug-likeness (QED) is 0.331. The summed E-state index contributed by atoms with van der Waals surface area (Å²) in [5, 5.41) is 0. The van der Waals surface area contributed by atoms with Gasteiger partial charge in [0.25, 0.3) is 6.10 Å². The van der Waals surface area contributed by atoms with E-state index in [1.54, 1.807) is 0 Å². The topological polar surface area (TPSA) is 61.8 Å². The van der Waals surface area contributed by atoms with Gasteiger partial charge in [-0.25, -0.2) is 9.59 Å². The van der Waals surface area contributed by atoms with E-state index in [9.17, 15) is 9.59 Å². The number of methoxy groups -OCH3 is 2.